The lowest BCUT2D eigenvalue weighted by Crippen LogP contribution is -2.00. The zero-order valence-electron chi connectivity index (χ0n) is 6.47. The minimum Gasteiger partial charge on any atom is -0.330 e. The van der Waals surface area contributed by atoms with Gasteiger partial charge in [0.25, 0.3) is 0 Å². The van der Waals surface area contributed by atoms with Crippen LogP contribution in [0.4, 0.5) is 0 Å². The average molecular weight is 227 g/mol. The fraction of sp³-hybridized carbons (Fsp3) is 0.286. The SMILES string of the molecule is Cl.Cl.NCCSc1ccccn1. The highest BCUT2D eigenvalue weighted by molar-refractivity contribution is 7.99. The Hall–Kier alpha value is 0.0400. The lowest BCUT2D eigenvalue weighted by Gasteiger charge is -1.95. The van der Waals surface area contributed by atoms with E-state index in [4.69, 9.17) is 5.73 Å². The molecule has 0 aliphatic rings. The Bertz CT molecular complexity index is 184. The van der Waals surface area contributed by atoms with Crippen LogP contribution in [0.25, 0.3) is 0 Å². The Morgan fingerprint density at radius 3 is 2.58 bits per heavy atom. The first-order valence-corrected chi connectivity index (χ1v) is 4.16. The van der Waals surface area contributed by atoms with Gasteiger partial charge in [0.2, 0.25) is 0 Å². The van der Waals surface area contributed by atoms with E-state index in [1.54, 1.807) is 18.0 Å². The van der Waals surface area contributed by atoms with Gasteiger partial charge in [-0.1, -0.05) is 6.07 Å². The van der Waals surface area contributed by atoms with Crippen LogP contribution in [-0.2, 0) is 0 Å². The van der Waals surface area contributed by atoms with E-state index < -0.39 is 0 Å². The molecule has 0 aromatic carbocycles. The van der Waals surface area contributed by atoms with Crippen molar-refractivity contribution >= 4 is 36.6 Å². The average Bonchev–Trinajstić information content (AvgIpc) is 2.03. The van der Waals surface area contributed by atoms with Crippen molar-refractivity contribution in [1.29, 1.82) is 0 Å². The molecule has 0 atom stereocenters. The predicted octanol–water partition coefficient (Wildman–Crippen LogP) is 1.98. The van der Waals surface area contributed by atoms with Crippen LogP contribution >= 0.6 is 36.6 Å². The van der Waals surface area contributed by atoms with Gasteiger partial charge in [0, 0.05) is 18.5 Å². The van der Waals surface area contributed by atoms with E-state index in [0.29, 0.717) is 6.54 Å². The standard InChI is InChI=1S/C7H10N2S.2ClH/c8-4-6-10-7-3-1-2-5-9-7;;/h1-3,5H,4,6,8H2;2*1H. The molecule has 0 spiro atoms. The van der Waals surface area contributed by atoms with Crippen molar-refractivity contribution in [1.82, 2.24) is 4.98 Å². The number of thioether (sulfide) groups is 1. The predicted molar refractivity (Wildman–Crippen MR) is 58.5 cm³/mol. The highest BCUT2D eigenvalue weighted by atomic mass is 35.5. The zero-order valence-corrected chi connectivity index (χ0v) is 8.92. The van der Waals surface area contributed by atoms with E-state index in [1.807, 2.05) is 18.2 Å². The zero-order chi connectivity index (χ0) is 7.23. The number of rotatable bonds is 3. The summed E-state index contributed by atoms with van der Waals surface area (Å²) in [4.78, 5) is 4.12. The third-order valence-electron chi connectivity index (χ3n) is 1.01. The number of hydrogen-bond acceptors (Lipinski definition) is 3. The Morgan fingerprint density at radius 2 is 2.08 bits per heavy atom. The molecule has 0 aliphatic carbocycles. The summed E-state index contributed by atoms with van der Waals surface area (Å²) in [5.74, 6) is 0.941. The van der Waals surface area contributed by atoms with E-state index in [9.17, 15) is 0 Å². The minimum absolute atomic E-state index is 0. The van der Waals surface area contributed by atoms with Crippen LogP contribution in [0.15, 0.2) is 29.4 Å². The maximum atomic E-state index is 5.33. The second-order valence-corrected chi connectivity index (χ2v) is 2.92. The number of nitrogens with two attached hydrogens (primary N) is 1. The molecule has 70 valence electrons. The monoisotopic (exact) mass is 226 g/mol. The highest BCUT2D eigenvalue weighted by Gasteiger charge is 1.89. The van der Waals surface area contributed by atoms with Crippen molar-refractivity contribution in [3.63, 3.8) is 0 Å². The Balaban J connectivity index is 0. The Labute approximate surface area is 89.2 Å². The molecule has 1 aromatic heterocycles. The fourth-order valence-electron chi connectivity index (χ4n) is 0.596. The molecule has 0 bridgehead atoms. The third kappa shape index (κ3) is 5.66. The van der Waals surface area contributed by atoms with Gasteiger partial charge in [-0.05, 0) is 12.1 Å². The van der Waals surface area contributed by atoms with Crippen LogP contribution in [0.5, 0.6) is 0 Å². The lowest BCUT2D eigenvalue weighted by molar-refractivity contribution is 1.11. The number of halogens is 2. The number of hydrogen-bond donors (Lipinski definition) is 1. The summed E-state index contributed by atoms with van der Waals surface area (Å²) in [6, 6.07) is 5.87. The van der Waals surface area contributed by atoms with Gasteiger partial charge < -0.3 is 5.73 Å². The molecule has 0 saturated heterocycles. The van der Waals surface area contributed by atoms with E-state index in [0.717, 1.165) is 10.8 Å². The summed E-state index contributed by atoms with van der Waals surface area (Å²) in [5.41, 5.74) is 5.33. The van der Waals surface area contributed by atoms with Crippen molar-refractivity contribution in [3.8, 4) is 0 Å². The van der Waals surface area contributed by atoms with Gasteiger partial charge in [-0.25, -0.2) is 4.98 Å². The van der Waals surface area contributed by atoms with Crippen molar-refractivity contribution in [3.05, 3.63) is 24.4 Å². The molecule has 0 aliphatic heterocycles. The highest BCUT2D eigenvalue weighted by Crippen LogP contribution is 2.11. The van der Waals surface area contributed by atoms with Crippen molar-refractivity contribution in [2.45, 2.75) is 5.03 Å². The minimum atomic E-state index is 0. The summed E-state index contributed by atoms with van der Waals surface area (Å²) >= 11 is 1.68. The summed E-state index contributed by atoms with van der Waals surface area (Å²) in [6.07, 6.45) is 1.79. The molecular weight excluding hydrogens is 215 g/mol. The summed E-state index contributed by atoms with van der Waals surface area (Å²) in [5, 5.41) is 1.05. The van der Waals surface area contributed by atoms with Crippen molar-refractivity contribution in [2.24, 2.45) is 5.73 Å². The first-order valence-electron chi connectivity index (χ1n) is 3.17. The molecule has 5 heteroatoms. The molecule has 2 nitrogen and oxygen atoms in total. The van der Waals surface area contributed by atoms with Crippen LogP contribution in [0.2, 0.25) is 0 Å². The number of pyridine rings is 1. The van der Waals surface area contributed by atoms with Gasteiger partial charge in [0.05, 0.1) is 5.03 Å². The largest absolute Gasteiger partial charge is 0.330 e. The molecule has 1 rings (SSSR count). The molecule has 0 radical (unpaired) electrons. The fourth-order valence-corrected chi connectivity index (χ4v) is 1.23. The molecule has 1 aromatic rings. The van der Waals surface area contributed by atoms with Crippen LogP contribution in [0, 0.1) is 0 Å². The van der Waals surface area contributed by atoms with Gasteiger partial charge in [0.1, 0.15) is 0 Å². The molecule has 0 amide bonds. The van der Waals surface area contributed by atoms with Gasteiger partial charge in [0.15, 0.2) is 0 Å². The van der Waals surface area contributed by atoms with Crippen LogP contribution < -0.4 is 5.73 Å². The second-order valence-electron chi connectivity index (χ2n) is 1.81. The Morgan fingerprint density at radius 1 is 1.33 bits per heavy atom. The normalized spacial score (nSPS) is 8.08. The van der Waals surface area contributed by atoms with Crippen molar-refractivity contribution in [2.75, 3.05) is 12.3 Å². The van der Waals surface area contributed by atoms with Crippen LogP contribution in [0.1, 0.15) is 0 Å². The molecule has 12 heavy (non-hydrogen) atoms. The molecule has 1 heterocycles. The number of aromatic nitrogens is 1. The van der Waals surface area contributed by atoms with Gasteiger partial charge in [-0.3, -0.25) is 0 Å². The molecule has 0 unspecified atom stereocenters. The maximum Gasteiger partial charge on any atom is 0.0960 e. The summed E-state index contributed by atoms with van der Waals surface area (Å²) in [6.45, 7) is 0.710. The smallest absolute Gasteiger partial charge is 0.0960 e. The lowest BCUT2D eigenvalue weighted by atomic mass is 10.5. The quantitative estimate of drug-likeness (QED) is 0.802. The van der Waals surface area contributed by atoms with E-state index in [1.165, 1.54) is 0 Å². The van der Waals surface area contributed by atoms with Gasteiger partial charge >= 0.3 is 0 Å². The molecule has 2 N–H and O–H groups in total. The first kappa shape index (κ1) is 14.6. The van der Waals surface area contributed by atoms with E-state index >= 15 is 0 Å². The molecule has 0 saturated carbocycles. The van der Waals surface area contributed by atoms with E-state index in [-0.39, 0.29) is 24.8 Å². The summed E-state index contributed by atoms with van der Waals surface area (Å²) in [7, 11) is 0. The first-order chi connectivity index (χ1) is 4.93. The van der Waals surface area contributed by atoms with Gasteiger partial charge in [-0.2, -0.15) is 0 Å². The van der Waals surface area contributed by atoms with Crippen LogP contribution in [0.3, 0.4) is 0 Å². The van der Waals surface area contributed by atoms with Gasteiger partial charge in [-0.15, -0.1) is 36.6 Å². The second kappa shape index (κ2) is 9.13. The topological polar surface area (TPSA) is 38.9 Å². The number of nitrogens with zero attached hydrogens (tertiary/aromatic N) is 1. The third-order valence-corrected chi connectivity index (χ3v) is 1.98. The Kier molecular flexibility index (Phi) is 11.1. The van der Waals surface area contributed by atoms with Crippen molar-refractivity contribution < 1.29 is 0 Å². The van der Waals surface area contributed by atoms with E-state index in [2.05, 4.69) is 4.98 Å². The summed E-state index contributed by atoms with van der Waals surface area (Å²) < 4.78 is 0. The maximum absolute atomic E-state index is 5.33. The molecular formula is C7H12Cl2N2S. The molecule has 0 fully saturated rings. The van der Waals surface area contributed by atoms with Crippen LogP contribution in [-0.4, -0.2) is 17.3 Å².